The molecule has 0 heterocycles. The standard InChI is InChI=1S/C30H56/c1-3-5-7-8-9-10-11-12-16-28-23-25-30(26-24-28)18-14-13-17-29-21-19-27(20-22-29)15-6-4-2/h4,27-30H,2-3,5-26H2,1H3. The monoisotopic (exact) mass is 416 g/mol. The summed E-state index contributed by atoms with van der Waals surface area (Å²) < 4.78 is 0. The van der Waals surface area contributed by atoms with Gasteiger partial charge in [-0.2, -0.15) is 0 Å². The summed E-state index contributed by atoms with van der Waals surface area (Å²) in [5.74, 6) is 4.24. The largest absolute Gasteiger partial charge is 0.103 e. The van der Waals surface area contributed by atoms with Crippen LogP contribution in [0.2, 0.25) is 0 Å². The second-order valence-corrected chi connectivity index (χ2v) is 11.2. The van der Waals surface area contributed by atoms with Crippen LogP contribution < -0.4 is 0 Å². The molecule has 0 bridgehead atoms. The Balaban J connectivity index is 1.38. The van der Waals surface area contributed by atoms with Crippen molar-refractivity contribution in [2.45, 2.75) is 155 Å². The quantitative estimate of drug-likeness (QED) is 0.163. The van der Waals surface area contributed by atoms with Crippen LogP contribution in [-0.2, 0) is 0 Å². The molecular formula is C30H56. The van der Waals surface area contributed by atoms with Gasteiger partial charge in [-0.05, 0) is 36.5 Å². The molecule has 0 atom stereocenters. The Hall–Kier alpha value is -0.260. The van der Waals surface area contributed by atoms with Crippen LogP contribution in [0.5, 0.6) is 0 Å². The molecule has 2 saturated carbocycles. The molecule has 0 aliphatic heterocycles. The van der Waals surface area contributed by atoms with Crippen LogP contribution in [0, 0.1) is 23.7 Å². The van der Waals surface area contributed by atoms with E-state index in [4.69, 9.17) is 0 Å². The zero-order chi connectivity index (χ0) is 21.3. The maximum absolute atomic E-state index is 3.88. The Morgan fingerprint density at radius 3 is 1.23 bits per heavy atom. The molecule has 0 radical (unpaired) electrons. The zero-order valence-corrected chi connectivity index (χ0v) is 20.9. The molecule has 2 fully saturated rings. The van der Waals surface area contributed by atoms with Gasteiger partial charge in [-0.15, -0.1) is 6.58 Å². The average Bonchev–Trinajstić information content (AvgIpc) is 2.79. The molecule has 2 aliphatic rings. The van der Waals surface area contributed by atoms with Gasteiger partial charge in [0.2, 0.25) is 0 Å². The lowest BCUT2D eigenvalue weighted by Crippen LogP contribution is -2.15. The van der Waals surface area contributed by atoms with Gasteiger partial charge in [0, 0.05) is 0 Å². The van der Waals surface area contributed by atoms with E-state index in [1.54, 1.807) is 32.1 Å². The molecule has 0 aromatic rings. The molecule has 0 nitrogen and oxygen atoms in total. The molecule has 0 heteroatoms. The van der Waals surface area contributed by atoms with E-state index in [1.807, 2.05) is 0 Å². The molecule has 0 aromatic carbocycles. The van der Waals surface area contributed by atoms with Gasteiger partial charge in [-0.25, -0.2) is 0 Å². The fourth-order valence-electron chi connectivity index (χ4n) is 6.40. The average molecular weight is 417 g/mol. The lowest BCUT2D eigenvalue weighted by atomic mass is 9.76. The summed E-state index contributed by atoms with van der Waals surface area (Å²) in [6, 6.07) is 0. The van der Waals surface area contributed by atoms with Gasteiger partial charge in [-0.1, -0.05) is 148 Å². The smallest absolute Gasteiger partial charge is 0.0351 e. The van der Waals surface area contributed by atoms with Crippen molar-refractivity contribution in [3.8, 4) is 0 Å². The van der Waals surface area contributed by atoms with Crippen molar-refractivity contribution < 1.29 is 0 Å². The first-order valence-electron chi connectivity index (χ1n) is 14.4. The minimum Gasteiger partial charge on any atom is -0.103 e. The SMILES string of the molecule is C=CCCC1CCC(CCCCC2CCC(CCCCCCCCCC)CC2)CC1. The number of hydrogen-bond acceptors (Lipinski definition) is 0. The second-order valence-electron chi connectivity index (χ2n) is 11.2. The van der Waals surface area contributed by atoms with Gasteiger partial charge in [0.1, 0.15) is 0 Å². The minimum atomic E-state index is 1.01. The van der Waals surface area contributed by atoms with Crippen molar-refractivity contribution in [3.63, 3.8) is 0 Å². The van der Waals surface area contributed by atoms with Crippen molar-refractivity contribution in [1.82, 2.24) is 0 Å². The van der Waals surface area contributed by atoms with Gasteiger partial charge in [0.25, 0.3) is 0 Å². The van der Waals surface area contributed by atoms with E-state index in [2.05, 4.69) is 19.6 Å². The van der Waals surface area contributed by atoms with Crippen LogP contribution in [0.1, 0.15) is 155 Å². The Labute approximate surface area is 191 Å². The van der Waals surface area contributed by atoms with E-state index in [-0.39, 0.29) is 0 Å². The van der Waals surface area contributed by atoms with Crippen LogP contribution in [0.25, 0.3) is 0 Å². The zero-order valence-electron chi connectivity index (χ0n) is 20.9. The minimum absolute atomic E-state index is 1.01. The van der Waals surface area contributed by atoms with Crippen molar-refractivity contribution in [1.29, 1.82) is 0 Å². The van der Waals surface area contributed by atoms with E-state index in [0.29, 0.717) is 0 Å². The summed E-state index contributed by atoms with van der Waals surface area (Å²) in [5.41, 5.74) is 0. The van der Waals surface area contributed by atoms with Crippen LogP contribution >= 0.6 is 0 Å². The molecule has 30 heavy (non-hydrogen) atoms. The first-order chi connectivity index (χ1) is 14.8. The molecule has 0 unspecified atom stereocenters. The highest BCUT2D eigenvalue weighted by atomic mass is 14.3. The maximum atomic E-state index is 3.88. The van der Waals surface area contributed by atoms with Crippen molar-refractivity contribution in [2.24, 2.45) is 23.7 Å². The molecule has 2 rings (SSSR count). The molecule has 0 saturated heterocycles. The predicted molar refractivity (Wildman–Crippen MR) is 136 cm³/mol. The highest BCUT2D eigenvalue weighted by Crippen LogP contribution is 2.36. The van der Waals surface area contributed by atoms with E-state index in [0.717, 1.165) is 23.7 Å². The Bertz CT molecular complexity index is 381. The normalized spacial score (nSPS) is 27.2. The fraction of sp³-hybridized carbons (Fsp3) is 0.933. The highest BCUT2D eigenvalue weighted by Gasteiger charge is 2.22. The first kappa shape index (κ1) is 26.0. The molecular weight excluding hydrogens is 360 g/mol. The Morgan fingerprint density at radius 2 is 0.833 bits per heavy atom. The van der Waals surface area contributed by atoms with Crippen molar-refractivity contribution >= 4 is 0 Å². The van der Waals surface area contributed by atoms with Crippen LogP contribution in [0.3, 0.4) is 0 Å². The number of unbranched alkanes of at least 4 members (excludes halogenated alkanes) is 8. The Morgan fingerprint density at radius 1 is 0.500 bits per heavy atom. The van der Waals surface area contributed by atoms with Crippen LogP contribution in [0.4, 0.5) is 0 Å². The first-order valence-corrected chi connectivity index (χ1v) is 14.4. The maximum Gasteiger partial charge on any atom is -0.0351 e. The summed E-state index contributed by atoms with van der Waals surface area (Å²) in [6.07, 6.45) is 36.4. The van der Waals surface area contributed by atoms with Crippen molar-refractivity contribution in [2.75, 3.05) is 0 Å². The van der Waals surface area contributed by atoms with Gasteiger partial charge in [0.15, 0.2) is 0 Å². The van der Waals surface area contributed by atoms with E-state index >= 15 is 0 Å². The summed E-state index contributed by atoms with van der Waals surface area (Å²) in [7, 11) is 0. The van der Waals surface area contributed by atoms with Gasteiger partial charge < -0.3 is 0 Å². The third-order valence-corrected chi connectivity index (χ3v) is 8.65. The number of rotatable bonds is 17. The van der Waals surface area contributed by atoms with Crippen molar-refractivity contribution in [3.05, 3.63) is 12.7 Å². The Kier molecular flexibility index (Phi) is 15.0. The summed E-state index contributed by atoms with van der Waals surface area (Å²) in [4.78, 5) is 0. The topological polar surface area (TPSA) is 0 Å². The number of hydrogen-bond donors (Lipinski definition) is 0. The van der Waals surface area contributed by atoms with Gasteiger partial charge in [-0.3, -0.25) is 0 Å². The van der Waals surface area contributed by atoms with E-state index in [9.17, 15) is 0 Å². The molecule has 0 spiro atoms. The molecule has 0 aromatic heterocycles. The van der Waals surface area contributed by atoms with Crippen LogP contribution in [0.15, 0.2) is 12.7 Å². The fourth-order valence-corrected chi connectivity index (χ4v) is 6.40. The summed E-state index contributed by atoms with van der Waals surface area (Å²) in [5, 5.41) is 0. The molecule has 0 amide bonds. The summed E-state index contributed by atoms with van der Waals surface area (Å²) >= 11 is 0. The number of allylic oxidation sites excluding steroid dienone is 1. The third-order valence-electron chi connectivity index (χ3n) is 8.65. The molecule has 0 N–H and O–H groups in total. The van der Waals surface area contributed by atoms with Crippen LogP contribution in [-0.4, -0.2) is 0 Å². The predicted octanol–water partition coefficient (Wildman–Crippen LogP) is 10.7. The van der Waals surface area contributed by atoms with Gasteiger partial charge in [0.05, 0.1) is 0 Å². The third kappa shape index (κ3) is 12.0. The summed E-state index contributed by atoms with van der Waals surface area (Å²) in [6.45, 7) is 6.20. The lowest BCUT2D eigenvalue weighted by Gasteiger charge is -2.30. The second kappa shape index (κ2) is 17.3. The van der Waals surface area contributed by atoms with E-state index < -0.39 is 0 Å². The highest BCUT2D eigenvalue weighted by molar-refractivity contribution is 4.77. The van der Waals surface area contributed by atoms with Gasteiger partial charge >= 0.3 is 0 Å². The van der Waals surface area contributed by atoms with E-state index in [1.165, 1.54) is 116 Å². The molecule has 176 valence electrons. The molecule has 2 aliphatic carbocycles. The lowest BCUT2D eigenvalue weighted by molar-refractivity contribution is 0.232.